The molecular formula is C20H17NS. The number of aryl methyl sites for hydroxylation is 1. The molecule has 0 fully saturated rings. The van der Waals surface area contributed by atoms with Crippen molar-refractivity contribution in [3.8, 4) is 0 Å². The number of fused-ring (bicyclic) bond motifs is 3. The topological polar surface area (TPSA) is 3.24 Å². The molecule has 4 rings (SSSR count). The van der Waals surface area contributed by atoms with E-state index in [1.807, 2.05) is 11.3 Å². The van der Waals surface area contributed by atoms with Gasteiger partial charge in [-0.2, -0.15) is 0 Å². The SMILES string of the molecule is Cc1ccccc1N(C)c1ccc2c(c1)sc1ccccc12. The van der Waals surface area contributed by atoms with Crippen LogP contribution >= 0.6 is 11.3 Å². The van der Waals surface area contributed by atoms with E-state index >= 15 is 0 Å². The van der Waals surface area contributed by atoms with Crippen molar-refractivity contribution in [1.82, 2.24) is 0 Å². The Bertz CT molecular complexity index is 968. The van der Waals surface area contributed by atoms with Crippen LogP contribution in [0.2, 0.25) is 0 Å². The second-order valence-electron chi connectivity index (χ2n) is 5.62. The minimum absolute atomic E-state index is 1.23. The summed E-state index contributed by atoms with van der Waals surface area (Å²) in [6.45, 7) is 2.16. The Hall–Kier alpha value is -2.32. The average Bonchev–Trinajstić information content (AvgIpc) is 2.92. The maximum atomic E-state index is 2.30. The monoisotopic (exact) mass is 303 g/mol. The predicted octanol–water partition coefficient (Wildman–Crippen LogP) is 6.13. The molecule has 0 aliphatic carbocycles. The van der Waals surface area contributed by atoms with Gasteiger partial charge < -0.3 is 4.90 Å². The lowest BCUT2D eigenvalue weighted by atomic mass is 10.1. The Kier molecular flexibility index (Phi) is 3.12. The fourth-order valence-corrected chi connectivity index (χ4v) is 4.14. The van der Waals surface area contributed by atoms with Crippen LogP contribution < -0.4 is 4.90 Å². The van der Waals surface area contributed by atoms with Crippen molar-refractivity contribution in [3.05, 3.63) is 72.3 Å². The van der Waals surface area contributed by atoms with Crippen molar-refractivity contribution >= 4 is 42.9 Å². The maximum Gasteiger partial charge on any atom is 0.0437 e. The number of benzene rings is 3. The molecule has 3 aromatic carbocycles. The minimum atomic E-state index is 1.23. The lowest BCUT2D eigenvalue weighted by Crippen LogP contribution is -2.10. The van der Waals surface area contributed by atoms with Gasteiger partial charge in [0.25, 0.3) is 0 Å². The van der Waals surface area contributed by atoms with Crippen LogP contribution in [0.15, 0.2) is 66.7 Å². The standard InChI is InChI=1S/C20H17NS/c1-14-7-3-5-9-18(14)21(2)15-11-12-17-16-8-4-6-10-19(16)22-20(17)13-15/h3-13H,1-2H3. The lowest BCUT2D eigenvalue weighted by molar-refractivity contribution is 1.19. The molecule has 0 bridgehead atoms. The number of nitrogens with zero attached hydrogens (tertiary/aromatic N) is 1. The Morgan fingerprint density at radius 1 is 0.773 bits per heavy atom. The van der Waals surface area contributed by atoms with E-state index in [-0.39, 0.29) is 0 Å². The first-order valence-corrected chi connectivity index (χ1v) is 8.26. The first-order chi connectivity index (χ1) is 10.7. The van der Waals surface area contributed by atoms with Gasteiger partial charge in [-0.3, -0.25) is 0 Å². The number of rotatable bonds is 2. The molecule has 0 atom stereocenters. The molecule has 108 valence electrons. The zero-order valence-corrected chi connectivity index (χ0v) is 13.5. The first kappa shape index (κ1) is 13.4. The first-order valence-electron chi connectivity index (χ1n) is 7.45. The van der Waals surface area contributed by atoms with Crippen LogP contribution in [0.4, 0.5) is 11.4 Å². The quantitative estimate of drug-likeness (QED) is 0.430. The molecule has 0 N–H and O–H groups in total. The van der Waals surface area contributed by atoms with Crippen molar-refractivity contribution in [2.45, 2.75) is 6.92 Å². The van der Waals surface area contributed by atoms with E-state index in [0.717, 1.165) is 0 Å². The molecule has 1 aromatic heterocycles. The molecule has 0 aliphatic heterocycles. The highest BCUT2D eigenvalue weighted by atomic mass is 32.1. The molecule has 1 nitrogen and oxygen atoms in total. The van der Waals surface area contributed by atoms with Gasteiger partial charge in [0.1, 0.15) is 0 Å². The van der Waals surface area contributed by atoms with Gasteiger partial charge in [-0.15, -0.1) is 11.3 Å². The average molecular weight is 303 g/mol. The van der Waals surface area contributed by atoms with Crippen molar-refractivity contribution in [2.24, 2.45) is 0 Å². The summed E-state index contributed by atoms with van der Waals surface area (Å²) in [7, 11) is 2.14. The van der Waals surface area contributed by atoms with Gasteiger partial charge in [-0.25, -0.2) is 0 Å². The Morgan fingerprint density at radius 3 is 2.36 bits per heavy atom. The fraction of sp³-hybridized carbons (Fsp3) is 0.100. The zero-order valence-electron chi connectivity index (χ0n) is 12.7. The molecule has 1 heterocycles. The molecule has 0 spiro atoms. The van der Waals surface area contributed by atoms with Gasteiger partial charge in [0.15, 0.2) is 0 Å². The van der Waals surface area contributed by atoms with Crippen LogP contribution in [-0.2, 0) is 0 Å². The van der Waals surface area contributed by atoms with Crippen molar-refractivity contribution < 1.29 is 0 Å². The van der Waals surface area contributed by atoms with E-state index < -0.39 is 0 Å². The number of thiophene rings is 1. The highest BCUT2D eigenvalue weighted by molar-refractivity contribution is 7.25. The highest BCUT2D eigenvalue weighted by Crippen LogP contribution is 2.37. The number of para-hydroxylation sites is 1. The molecular weight excluding hydrogens is 286 g/mol. The Balaban J connectivity index is 1.86. The summed E-state index contributed by atoms with van der Waals surface area (Å²) in [5.74, 6) is 0. The van der Waals surface area contributed by atoms with Crippen molar-refractivity contribution in [3.63, 3.8) is 0 Å². The predicted molar refractivity (Wildman–Crippen MR) is 98.6 cm³/mol. The maximum absolute atomic E-state index is 2.30. The normalized spacial score (nSPS) is 11.2. The minimum Gasteiger partial charge on any atom is -0.344 e. The molecule has 4 aromatic rings. The van der Waals surface area contributed by atoms with Gasteiger partial charge in [0, 0.05) is 38.6 Å². The Morgan fingerprint density at radius 2 is 1.50 bits per heavy atom. The molecule has 0 aliphatic rings. The third kappa shape index (κ3) is 2.08. The van der Waals surface area contributed by atoms with Gasteiger partial charge in [-0.1, -0.05) is 42.5 Å². The summed E-state index contributed by atoms with van der Waals surface area (Å²) in [6.07, 6.45) is 0. The second-order valence-corrected chi connectivity index (χ2v) is 6.71. The van der Waals surface area contributed by atoms with Crippen LogP contribution in [0.25, 0.3) is 20.2 Å². The van der Waals surface area contributed by atoms with Gasteiger partial charge >= 0.3 is 0 Å². The lowest BCUT2D eigenvalue weighted by Gasteiger charge is -2.21. The van der Waals surface area contributed by atoms with Crippen molar-refractivity contribution in [2.75, 3.05) is 11.9 Å². The molecule has 0 unspecified atom stereocenters. The van der Waals surface area contributed by atoms with Gasteiger partial charge in [-0.05, 0) is 36.8 Å². The molecule has 0 saturated heterocycles. The van der Waals surface area contributed by atoms with E-state index in [9.17, 15) is 0 Å². The third-order valence-electron chi connectivity index (χ3n) is 4.23. The van der Waals surface area contributed by atoms with Crippen LogP contribution in [0.1, 0.15) is 5.56 Å². The van der Waals surface area contributed by atoms with E-state index in [4.69, 9.17) is 0 Å². The van der Waals surface area contributed by atoms with Crippen molar-refractivity contribution in [1.29, 1.82) is 0 Å². The van der Waals surface area contributed by atoms with E-state index in [1.165, 1.54) is 37.1 Å². The zero-order chi connectivity index (χ0) is 15.1. The van der Waals surface area contributed by atoms with Crippen LogP contribution in [0, 0.1) is 6.92 Å². The number of anilines is 2. The fourth-order valence-electron chi connectivity index (χ4n) is 3.00. The van der Waals surface area contributed by atoms with E-state index in [0.29, 0.717) is 0 Å². The largest absolute Gasteiger partial charge is 0.344 e. The summed E-state index contributed by atoms with van der Waals surface area (Å²) in [5, 5.41) is 2.70. The summed E-state index contributed by atoms with van der Waals surface area (Å²) >= 11 is 1.87. The smallest absolute Gasteiger partial charge is 0.0437 e. The number of hydrogen-bond donors (Lipinski definition) is 0. The van der Waals surface area contributed by atoms with Gasteiger partial charge in [0.05, 0.1) is 0 Å². The van der Waals surface area contributed by atoms with Gasteiger partial charge in [0.2, 0.25) is 0 Å². The molecule has 22 heavy (non-hydrogen) atoms. The van der Waals surface area contributed by atoms with Crippen LogP contribution in [-0.4, -0.2) is 7.05 Å². The summed E-state index contributed by atoms with van der Waals surface area (Å²) < 4.78 is 2.70. The Labute approximate surface area is 134 Å². The molecule has 0 radical (unpaired) electrons. The summed E-state index contributed by atoms with van der Waals surface area (Å²) in [5.41, 5.74) is 3.78. The molecule has 0 amide bonds. The second kappa shape index (κ2) is 5.15. The summed E-state index contributed by atoms with van der Waals surface area (Å²) in [4.78, 5) is 2.26. The van der Waals surface area contributed by atoms with E-state index in [1.54, 1.807) is 0 Å². The van der Waals surface area contributed by atoms with Crippen LogP contribution in [0.5, 0.6) is 0 Å². The third-order valence-corrected chi connectivity index (χ3v) is 5.36. The van der Waals surface area contributed by atoms with Crippen LogP contribution in [0.3, 0.4) is 0 Å². The highest BCUT2D eigenvalue weighted by Gasteiger charge is 2.09. The number of hydrogen-bond acceptors (Lipinski definition) is 2. The van der Waals surface area contributed by atoms with E-state index in [2.05, 4.69) is 85.6 Å². The molecule has 0 saturated carbocycles. The summed E-state index contributed by atoms with van der Waals surface area (Å²) in [6, 6.07) is 23.9. The molecule has 2 heteroatoms.